The molecule has 0 aromatic heterocycles. The molecule has 0 bridgehead atoms. The van der Waals surface area contributed by atoms with E-state index in [0.29, 0.717) is 43.1 Å². The molecule has 2 aromatic rings. The van der Waals surface area contributed by atoms with E-state index in [1.54, 1.807) is 12.1 Å². The van der Waals surface area contributed by atoms with Gasteiger partial charge in [-0.05, 0) is 29.8 Å². The minimum atomic E-state index is -0.966. The Kier molecular flexibility index (Phi) is 6.44. The molecule has 0 saturated heterocycles. The number of likely N-dealkylation sites (N-methyl/N-ethyl adjacent to an activating group) is 2. The molecule has 0 atom stereocenters. The zero-order chi connectivity index (χ0) is 23.5. The summed E-state index contributed by atoms with van der Waals surface area (Å²) in [7, 11) is 3.96. The Labute approximate surface area is 192 Å². The number of hydrogen-bond acceptors (Lipinski definition) is 5. The van der Waals surface area contributed by atoms with Crippen molar-refractivity contribution in [1.82, 2.24) is 4.58 Å². The van der Waals surface area contributed by atoms with Crippen LogP contribution in [0.3, 0.4) is 0 Å². The summed E-state index contributed by atoms with van der Waals surface area (Å²) < 4.78 is 8.45. The van der Waals surface area contributed by atoms with E-state index in [1.807, 2.05) is 62.6 Å². The van der Waals surface area contributed by atoms with Crippen LogP contribution in [0.5, 0.6) is 0 Å². The van der Waals surface area contributed by atoms with Gasteiger partial charge in [-0.3, -0.25) is 0 Å². The number of nitrogens with two attached hydrogens (primary N) is 2. The molecule has 5 N–H and O–H groups in total. The molecule has 7 nitrogen and oxygen atoms in total. The monoisotopic (exact) mass is 445 g/mol. The summed E-state index contributed by atoms with van der Waals surface area (Å²) in [6, 6.07) is 19.0. The summed E-state index contributed by atoms with van der Waals surface area (Å²) in [6.45, 7) is 2.50. The molecule has 33 heavy (non-hydrogen) atoms. The molecular weight excluding hydrogens is 416 g/mol. The highest BCUT2D eigenvalue weighted by Gasteiger charge is 2.22. The second-order valence-corrected chi connectivity index (χ2v) is 8.11. The number of carboxylic acid groups (broad SMARTS) is 1. The number of carbonyl (C=O) groups is 1. The first-order valence-electron chi connectivity index (χ1n) is 10.9. The van der Waals surface area contributed by atoms with Crippen molar-refractivity contribution in [2.75, 3.05) is 45.2 Å². The lowest BCUT2D eigenvalue weighted by Crippen LogP contribution is -2.30. The van der Waals surface area contributed by atoms with Crippen molar-refractivity contribution in [3.8, 4) is 22.5 Å². The summed E-state index contributed by atoms with van der Waals surface area (Å²) in [5, 5.41) is 11.7. The number of carboxylic acids is 1. The molecule has 0 fully saturated rings. The van der Waals surface area contributed by atoms with Crippen molar-refractivity contribution < 1.29 is 14.3 Å². The molecule has 0 amide bonds. The topological polar surface area (TPSA) is 109 Å². The first-order chi connectivity index (χ1) is 15.9. The molecule has 1 heterocycles. The standard InChI is InChI=1S/C26H28N4O3/c1-29(13-11-27)17-7-9-21-23(15-17)33-24-16-18(30(2)14-12-28)8-10-22(24)25(21)19-5-3-4-6-20(19)26(31)32/h3-10,15-16H,11-14,27-28H2,1-2H3/p+1. The second kappa shape index (κ2) is 9.44. The molecule has 0 spiro atoms. The summed E-state index contributed by atoms with van der Waals surface area (Å²) in [5.74, 6) is -0.288. The smallest absolute Gasteiger partial charge is 0.336 e. The Morgan fingerprint density at radius 1 is 1.03 bits per heavy atom. The maximum atomic E-state index is 12.0. The van der Waals surface area contributed by atoms with Gasteiger partial charge in [0.1, 0.15) is 18.4 Å². The number of anilines is 1. The SMILES string of the molecule is CN(CCN)c1ccc2c(-c3ccccc3C(=O)O)c3ccc(=[N+](C)CCN)cc-3oc2c1. The zero-order valence-corrected chi connectivity index (χ0v) is 18.9. The molecule has 0 radical (unpaired) electrons. The Bertz CT molecular complexity index is 1360. The maximum absolute atomic E-state index is 12.0. The van der Waals surface area contributed by atoms with E-state index < -0.39 is 5.97 Å². The average molecular weight is 446 g/mol. The molecule has 1 aliphatic carbocycles. The highest BCUT2D eigenvalue weighted by molar-refractivity contribution is 6.07. The van der Waals surface area contributed by atoms with Crippen molar-refractivity contribution in [3.05, 3.63) is 71.6 Å². The Hall–Kier alpha value is -3.68. The fourth-order valence-electron chi connectivity index (χ4n) is 4.17. The van der Waals surface area contributed by atoms with Gasteiger partial charge in [0.2, 0.25) is 5.36 Å². The highest BCUT2D eigenvalue weighted by Crippen LogP contribution is 2.41. The van der Waals surface area contributed by atoms with Gasteiger partial charge in [0, 0.05) is 54.5 Å². The summed E-state index contributed by atoms with van der Waals surface area (Å²) in [4.78, 5) is 14.1. The van der Waals surface area contributed by atoms with Crippen LogP contribution in [0.2, 0.25) is 0 Å². The minimum absolute atomic E-state index is 0.250. The quantitative estimate of drug-likeness (QED) is 0.298. The summed E-state index contributed by atoms with van der Waals surface area (Å²) >= 11 is 0. The van der Waals surface area contributed by atoms with Gasteiger partial charge >= 0.3 is 5.97 Å². The van der Waals surface area contributed by atoms with Gasteiger partial charge in [-0.25, -0.2) is 9.37 Å². The van der Waals surface area contributed by atoms with Crippen molar-refractivity contribution in [2.45, 2.75) is 0 Å². The number of nitrogens with zero attached hydrogens (tertiary/aromatic N) is 2. The molecule has 2 aliphatic rings. The van der Waals surface area contributed by atoms with E-state index >= 15 is 0 Å². The van der Waals surface area contributed by atoms with Crippen molar-refractivity contribution in [1.29, 1.82) is 0 Å². The first kappa shape index (κ1) is 22.5. The van der Waals surface area contributed by atoms with Crippen LogP contribution >= 0.6 is 0 Å². The van der Waals surface area contributed by atoms with Crippen LogP contribution in [0.25, 0.3) is 33.4 Å². The summed E-state index contributed by atoms with van der Waals surface area (Å²) in [6.07, 6.45) is 0. The van der Waals surface area contributed by atoms with Gasteiger partial charge in [0.25, 0.3) is 0 Å². The molecule has 170 valence electrons. The molecule has 2 aromatic carbocycles. The minimum Gasteiger partial charge on any atom is -0.478 e. The largest absolute Gasteiger partial charge is 0.478 e. The molecular formula is C26H29N4O3+. The van der Waals surface area contributed by atoms with Crippen LogP contribution in [0, 0.1) is 0 Å². The Morgan fingerprint density at radius 2 is 1.82 bits per heavy atom. The average Bonchev–Trinajstić information content (AvgIpc) is 2.82. The van der Waals surface area contributed by atoms with Crippen LogP contribution in [-0.4, -0.2) is 51.4 Å². The van der Waals surface area contributed by atoms with Gasteiger partial charge in [0.05, 0.1) is 18.2 Å². The van der Waals surface area contributed by atoms with E-state index in [2.05, 4.69) is 9.48 Å². The van der Waals surface area contributed by atoms with Gasteiger partial charge in [0.15, 0.2) is 6.54 Å². The molecule has 0 unspecified atom stereocenters. The maximum Gasteiger partial charge on any atom is 0.336 e. The van der Waals surface area contributed by atoms with Gasteiger partial charge in [-0.2, -0.15) is 0 Å². The second-order valence-electron chi connectivity index (χ2n) is 8.11. The normalized spacial score (nSPS) is 12.2. The van der Waals surface area contributed by atoms with Gasteiger partial charge in [-0.15, -0.1) is 0 Å². The van der Waals surface area contributed by atoms with Crippen LogP contribution in [0.15, 0.2) is 65.1 Å². The molecule has 1 aliphatic heterocycles. The van der Waals surface area contributed by atoms with Crippen molar-refractivity contribution >= 4 is 22.6 Å². The third-order valence-electron chi connectivity index (χ3n) is 5.93. The van der Waals surface area contributed by atoms with Crippen molar-refractivity contribution in [3.63, 3.8) is 0 Å². The van der Waals surface area contributed by atoms with E-state index in [9.17, 15) is 9.90 Å². The number of benzene rings is 3. The lowest BCUT2D eigenvalue weighted by molar-refractivity contribution is 0.0697. The molecule has 0 saturated carbocycles. The fourth-order valence-corrected chi connectivity index (χ4v) is 4.17. The van der Waals surface area contributed by atoms with Crippen molar-refractivity contribution in [2.24, 2.45) is 11.5 Å². The third kappa shape index (κ3) is 4.33. The van der Waals surface area contributed by atoms with E-state index in [4.69, 9.17) is 15.9 Å². The number of aromatic carboxylic acids is 1. The van der Waals surface area contributed by atoms with Crippen LogP contribution in [0.4, 0.5) is 5.69 Å². The number of hydrogen-bond donors (Lipinski definition) is 3. The predicted molar refractivity (Wildman–Crippen MR) is 133 cm³/mol. The lowest BCUT2D eigenvalue weighted by atomic mass is 9.90. The molecule has 7 heteroatoms. The van der Waals surface area contributed by atoms with E-state index in [1.165, 1.54) is 0 Å². The predicted octanol–water partition coefficient (Wildman–Crippen LogP) is 2.66. The Morgan fingerprint density at radius 3 is 2.55 bits per heavy atom. The van der Waals surface area contributed by atoms with Crippen LogP contribution in [-0.2, 0) is 0 Å². The highest BCUT2D eigenvalue weighted by atomic mass is 16.4. The first-order valence-corrected chi connectivity index (χ1v) is 10.9. The number of fused-ring (bicyclic) bond motifs is 2. The van der Waals surface area contributed by atoms with E-state index in [-0.39, 0.29) is 5.56 Å². The molecule has 4 rings (SSSR count). The lowest BCUT2D eigenvalue weighted by Gasteiger charge is -2.21. The van der Waals surface area contributed by atoms with Gasteiger partial charge < -0.3 is 25.9 Å². The third-order valence-corrected chi connectivity index (χ3v) is 5.93. The fraction of sp³-hybridized carbons (Fsp3) is 0.231. The summed E-state index contributed by atoms with van der Waals surface area (Å²) in [5.41, 5.74) is 15.7. The zero-order valence-electron chi connectivity index (χ0n) is 18.9. The van der Waals surface area contributed by atoms with Crippen LogP contribution in [0.1, 0.15) is 10.4 Å². The van der Waals surface area contributed by atoms with E-state index in [0.717, 1.165) is 27.6 Å². The van der Waals surface area contributed by atoms with Crippen LogP contribution < -0.4 is 26.3 Å². The number of rotatable bonds is 7. The van der Waals surface area contributed by atoms with Gasteiger partial charge in [-0.1, -0.05) is 18.2 Å². The Balaban J connectivity index is 2.09.